The second-order valence-electron chi connectivity index (χ2n) is 6.21. The molecule has 1 unspecified atom stereocenters. The number of hydrogen-bond acceptors (Lipinski definition) is 7. The Balaban J connectivity index is 1.87. The average molecular weight is 394 g/mol. The number of hydrogen-bond donors (Lipinski definition) is 1. The van der Waals surface area contributed by atoms with E-state index in [0.29, 0.717) is 12.2 Å². The number of amides is 1. The van der Waals surface area contributed by atoms with E-state index >= 15 is 0 Å². The third-order valence-electron chi connectivity index (χ3n) is 4.33. The smallest absolute Gasteiger partial charge is 0.302 e. The van der Waals surface area contributed by atoms with Crippen molar-refractivity contribution in [3.8, 4) is 5.75 Å². The van der Waals surface area contributed by atoms with Crippen molar-refractivity contribution in [3.05, 3.63) is 47.3 Å². The number of benzene rings is 1. The number of carbonyl (C=O) groups excluding carboxylic acids is 1. The van der Waals surface area contributed by atoms with Gasteiger partial charge in [-0.05, 0) is 29.7 Å². The number of nitrogens with one attached hydrogen (secondary N) is 1. The van der Waals surface area contributed by atoms with Crippen LogP contribution >= 0.6 is 0 Å². The summed E-state index contributed by atoms with van der Waals surface area (Å²) < 4.78 is 43.3. The van der Waals surface area contributed by atoms with Gasteiger partial charge in [0.25, 0.3) is 0 Å². The molecule has 0 radical (unpaired) electrons. The number of aromatic nitrogens is 2. The molecule has 1 N–H and O–H groups in total. The van der Waals surface area contributed by atoms with Crippen molar-refractivity contribution in [3.63, 3.8) is 0 Å². The lowest BCUT2D eigenvalue weighted by molar-refractivity contribution is 0.0971. The first-order valence-corrected chi connectivity index (χ1v) is 10.1. The van der Waals surface area contributed by atoms with Crippen LogP contribution in [0.2, 0.25) is 0 Å². The SMILES string of the molecule is CCC1c2cc(F)c(OC)cc2CN1c1cnc(C(=O)NS(C)(=O)=O)nc1. The molecule has 0 fully saturated rings. The van der Waals surface area contributed by atoms with Crippen molar-refractivity contribution in [2.75, 3.05) is 18.3 Å². The highest BCUT2D eigenvalue weighted by Crippen LogP contribution is 2.41. The standard InChI is InChI=1S/C17H19FN4O4S/c1-4-14-12-6-13(18)15(26-2)5-10(12)9-22(14)11-7-19-16(20-8-11)17(23)21-27(3,24)25/h5-8,14H,4,9H2,1-3H3,(H,21,23). The summed E-state index contributed by atoms with van der Waals surface area (Å²) in [7, 11) is -2.27. The maximum atomic E-state index is 14.1. The number of carbonyl (C=O) groups is 1. The second-order valence-corrected chi connectivity index (χ2v) is 7.95. The van der Waals surface area contributed by atoms with Gasteiger partial charge in [-0.2, -0.15) is 0 Å². The van der Waals surface area contributed by atoms with Gasteiger partial charge < -0.3 is 9.64 Å². The van der Waals surface area contributed by atoms with E-state index in [1.165, 1.54) is 25.6 Å². The molecule has 3 rings (SSSR count). The van der Waals surface area contributed by atoms with Crippen LogP contribution in [-0.4, -0.2) is 37.7 Å². The first-order chi connectivity index (χ1) is 12.7. The van der Waals surface area contributed by atoms with Gasteiger partial charge in [0.15, 0.2) is 11.6 Å². The van der Waals surface area contributed by atoms with E-state index in [4.69, 9.17) is 4.74 Å². The Morgan fingerprint density at radius 2 is 2.04 bits per heavy atom. The van der Waals surface area contributed by atoms with Gasteiger partial charge in [-0.3, -0.25) is 4.79 Å². The molecule has 27 heavy (non-hydrogen) atoms. The molecule has 1 aromatic heterocycles. The molecule has 0 saturated carbocycles. The van der Waals surface area contributed by atoms with Crippen LogP contribution in [0.3, 0.4) is 0 Å². The highest BCUT2D eigenvalue weighted by Gasteiger charge is 2.31. The van der Waals surface area contributed by atoms with Gasteiger partial charge in [0.2, 0.25) is 15.8 Å². The molecule has 0 aliphatic carbocycles. The molecule has 1 aliphatic rings. The van der Waals surface area contributed by atoms with Crippen LogP contribution in [0.5, 0.6) is 5.75 Å². The minimum absolute atomic E-state index is 0.0697. The Morgan fingerprint density at radius 1 is 1.37 bits per heavy atom. The van der Waals surface area contributed by atoms with Crippen molar-refractivity contribution in [2.45, 2.75) is 25.9 Å². The van der Waals surface area contributed by atoms with E-state index in [0.717, 1.165) is 23.8 Å². The number of rotatable bonds is 5. The predicted octanol–water partition coefficient (Wildman–Crippen LogP) is 1.79. The van der Waals surface area contributed by atoms with E-state index in [1.54, 1.807) is 6.07 Å². The lowest BCUT2D eigenvalue weighted by atomic mass is 10.0. The number of fused-ring (bicyclic) bond motifs is 1. The lowest BCUT2D eigenvalue weighted by Crippen LogP contribution is -2.31. The van der Waals surface area contributed by atoms with Crippen LogP contribution in [0, 0.1) is 5.82 Å². The molecule has 1 aromatic carbocycles. The zero-order chi connectivity index (χ0) is 19.8. The second kappa shape index (κ2) is 7.10. The zero-order valence-electron chi connectivity index (χ0n) is 15.1. The van der Waals surface area contributed by atoms with Gasteiger partial charge in [0.05, 0.1) is 37.5 Å². The highest BCUT2D eigenvalue weighted by molar-refractivity contribution is 7.89. The number of nitrogens with zero attached hydrogens (tertiary/aromatic N) is 3. The summed E-state index contributed by atoms with van der Waals surface area (Å²) in [6.07, 6.45) is 4.51. The molecule has 1 atom stereocenters. The van der Waals surface area contributed by atoms with Crippen molar-refractivity contribution >= 4 is 21.6 Å². The summed E-state index contributed by atoms with van der Waals surface area (Å²) in [4.78, 5) is 21.7. The van der Waals surface area contributed by atoms with Gasteiger partial charge in [0, 0.05) is 6.54 Å². The fourth-order valence-corrected chi connectivity index (χ4v) is 3.62. The molecule has 2 heterocycles. The minimum atomic E-state index is -3.69. The molecule has 144 valence electrons. The van der Waals surface area contributed by atoms with Gasteiger partial charge in [-0.15, -0.1) is 0 Å². The molecular weight excluding hydrogens is 375 g/mol. The summed E-state index contributed by atoms with van der Waals surface area (Å²) in [5.74, 6) is -1.37. The number of anilines is 1. The molecular formula is C17H19FN4O4S. The van der Waals surface area contributed by atoms with Crippen LogP contribution < -0.4 is 14.4 Å². The van der Waals surface area contributed by atoms with Gasteiger partial charge in [-0.1, -0.05) is 6.92 Å². The Kier molecular flexibility index (Phi) is 5.01. The fourth-order valence-electron chi connectivity index (χ4n) is 3.19. The van der Waals surface area contributed by atoms with E-state index in [1.807, 2.05) is 16.5 Å². The number of halogens is 1. The first-order valence-electron chi connectivity index (χ1n) is 8.20. The summed E-state index contributed by atoms with van der Waals surface area (Å²) in [6.45, 7) is 2.51. The van der Waals surface area contributed by atoms with Crippen LogP contribution in [0.25, 0.3) is 0 Å². The largest absolute Gasteiger partial charge is 0.494 e. The Hall–Kier alpha value is -2.75. The van der Waals surface area contributed by atoms with Crippen molar-refractivity contribution in [1.82, 2.24) is 14.7 Å². The molecule has 2 aromatic rings. The Labute approximate surface area is 156 Å². The van der Waals surface area contributed by atoms with Crippen LogP contribution in [0.1, 0.15) is 41.1 Å². The van der Waals surface area contributed by atoms with Crippen LogP contribution in [0.15, 0.2) is 24.5 Å². The van der Waals surface area contributed by atoms with Crippen LogP contribution in [-0.2, 0) is 16.6 Å². The molecule has 0 spiro atoms. The number of methoxy groups -OCH3 is 1. The molecule has 0 bridgehead atoms. The van der Waals surface area contributed by atoms with Crippen molar-refractivity contribution in [1.29, 1.82) is 0 Å². The fraction of sp³-hybridized carbons (Fsp3) is 0.353. The van der Waals surface area contributed by atoms with E-state index in [9.17, 15) is 17.6 Å². The Morgan fingerprint density at radius 3 is 2.59 bits per heavy atom. The Bertz CT molecular complexity index is 979. The first kappa shape index (κ1) is 19.0. The van der Waals surface area contributed by atoms with E-state index in [-0.39, 0.29) is 17.6 Å². The highest BCUT2D eigenvalue weighted by atomic mass is 32.2. The third kappa shape index (κ3) is 3.85. The normalized spacial score (nSPS) is 16.1. The number of ether oxygens (including phenoxy) is 1. The molecule has 0 saturated heterocycles. The van der Waals surface area contributed by atoms with Gasteiger partial charge in [0.1, 0.15) is 0 Å². The monoisotopic (exact) mass is 394 g/mol. The summed E-state index contributed by atoms with van der Waals surface area (Å²) in [5.41, 5.74) is 2.46. The molecule has 8 nitrogen and oxygen atoms in total. The topological polar surface area (TPSA) is 101 Å². The summed E-state index contributed by atoms with van der Waals surface area (Å²) >= 11 is 0. The predicted molar refractivity (Wildman–Crippen MR) is 96.5 cm³/mol. The molecule has 1 aliphatic heterocycles. The van der Waals surface area contributed by atoms with Gasteiger partial charge >= 0.3 is 5.91 Å². The van der Waals surface area contributed by atoms with Crippen LogP contribution in [0.4, 0.5) is 10.1 Å². The lowest BCUT2D eigenvalue weighted by Gasteiger charge is -2.25. The minimum Gasteiger partial charge on any atom is -0.494 e. The van der Waals surface area contributed by atoms with E-state index in [2.05, 4.69) is 9.97 Å². The van der Waals surface area contributed by atoms with Crippen molar-refractivity contribution in [2.24, 2.45) is 0 Å². The summed E-state index contributed by atoms with van der Waals surface area (Å²) in [6, 6.07) is 3.10. The average Bonchev–Trinajstić information content (AvgIpc) is 2.96. The quantitative estimate of drug-likeness (QED) is 0.825. The third-order valence-corrected chi connectivity index (χ3v) is 4.88. The van der Waals surface area contributed by atoms with Gasteiger partial charge in [-0.25, -0.2) is 27.5 Å². The zero-order valence-corrected chi connectivity index (χ0v) is 15.9. The maximum absolute atomic E-state index is 14.1. The van der Waals surface area contributed by atoms with Crippen molar-refractivity contribution < 1.29 is 22.3 Å². The molecule has 1 amide bonds. The number of sulfonamides is 1. The summed E-state index contributed by atoms with van der Waals surface area (Å²) in [5, 5.41) is 0. The maximum Gasteiger partial charge on any atom is 0.302 e. The van der Waals surface area contributed by atoms with E-state index < -0.39 is 21.7 Å². The molecule has 10 heteroatoms.